The number of rotatable bonds is 8. The number of carbonyl (C=O) groups excluding carboxylic acids is 1. The number of benzene rings is 1. The number of esters is 1. The van der Waals surface area contributed by atoms with E-state index < -0.39 is 5.60 Å². The molecular formula is C23H32O4. The standard InChI is InChI=1S/C23H32O4/c1-6-7-8-11-18-15-20(25)19-12-14-23(5,13-9-10-16(2)3)27-22(19)21(18)26-17(4)24/h10,12,14-15,25H,6-9,11,13H2,1-5H3/t23-/m0/s1. The maximum absolute atomic E-state index is 11.7. The van der Waals surface area contributed by atoms with E-state index in [1.807, 2.05) is 19.1 Å². The fourth-order valence-corrected chi connectivity index (χ4v) is 3.27. The molecule has 1 heterocycles. The van der Waals surface area contributed by atoms with Crippen LogP contribution in [-0.2, 0) is 11.2 Å². The summed E-state index contributed by atoms with van der Waals surface area (Å²) in [6, 6.07) is 1.70. The molecule has 1 aliphatic heterocycles. The van der Waals surface area contributed by atoms with Gasteiger partial charge in [0.15, 0.2) is 11.5 Å². The van der Waals surface area contributed by atoms with E-state index in [4.69, 9.17) is 9.47 Å². The zero-order valence-corrected chi connectivity index (χ0v) is 17.2. The van der Waals surface area contributed by atoms with Crippen LogP contribution in [0.2, 0.25) is 0 Å². The van der Waals surface area contributed by atoms with Gasteiger partial charge in [0.25, 0.3) is 0 Å². The number of phenolic OH excluding ortho intramolecular Hbond substituents is 1. The zero-order chi connectivity index (χ0) is 20.0. The number of phenols is 1. The summed E-state index contributed by atoms with van der Waals surface area (Å²) < 4.78 is 11.9. The number of hydrogen-bond acceptors (Lipinski definition) is 4. The molecule has 0 unspecified atom stereocenters. The lowest BCUT2D eigenvalue weighted by Crippen LogP contribution is -2.32. The second kappa shape index (κ2) is 9.12. The normalized spacial score (nSPS) is 17.8. The first-order chi connectivity index (χ1) is 12.8. The second-order valence-electron chi connectivity index (χ2n) is 7.75. The Kier molecular flexibility index (Phi) is 7.11. The number of carbonyl (C=O) groups is 1. The molecule has 4 heteroatoms. The van der Waals surface area contributed by atoms with Gasteiger partial charge in [0, 0.05) is 12.5 Å². The SMILES string of the molecule is CCCCCc1cc(O)c2c(c1OC(C)=O)O[C@@](C)(CCC=C(C)C)C=C2. The monoisotopic (exact) mass is 372 g/mol. The van der Waals surface area contributed by atoms with Crippen LogP contribution in [0.25, 0.3) is 6.08 Å². The lowest BCUT2D eigenvalue weighted by atomic mass is 9.93. The smallest absolute Gasteiger partial charge is 0.308 e. The van der Waals surface area contributed by atoms with Crippen molar-refractivity contribution in [1.29, 1.82) is 0 Å². The Morgan fingerprint density at radius 2 is 2.04 bits per heavy atom. The van der Waals surface area contributed by atoms with Gasteiger partial charge in [-0.3, -0.25) is 4.79 Å². The number of aromatic hydroxyl groups is 1. The Balaban J connectivity index is 2.39. The maximum atomic E-state index is 11.7. The molecule has 0 saturated heterocycles. The first kappa shape index (κ1) is 21.1. The lowest BCUT2D eigenvalue weighted by Gasteiger charge is -2.33. The van der Waals surface area contributed by atoms with Gasteiger partial charge in [-0.15, -0.1) is 0 Å². The van der Waals surface area contributed by atoms with Crippen LogP contribution in [0.15, 0.2) is 23.8 Å². The molecule has 0 saturated carbocycles. The van der Waals surface area contributed by atoms with Crippen molar-refractivity contribution in [2.75, 3.05) is 0 Å². The van der Waals surface area contributed by atoms with Gasteiger partial charge in [-0.2, -0.15) is 0 Å². The fraction of sp³-hybridized carbons (Fsp3) is 0.522. The quantitative estimate of drug-likeness (QED) is 0.265. The molecule has 1 aliphatic rings. The predicted molar refractivity (Wildman–Crippen MR) is 109 cm³/mol. The Labute approximate surface area is 162 Å². The van der Waals surface area contributed by atoms with E-state index in [-0.39, 0.29) is 11.7 Å². The Morgan fingerprint density at radius 3 is 2.67 bits per heavy atom. The summed E-state index contributed by atoms with van der Waals surface area (Å²) in [6.45, 7) is 9.71. The molecule has 1 N–H and O–H groups in total. The molecule has 2 rings (SSSR count). The Hall–Kier alpha value is -2.23. The molecule has 1 aromatic carbocycles. The van der Waals surface area contributed by atoms with Gasteiger partial charge in [-0.05, 0) is 64.7 Å². The van der Waals surface area contributed by atoms with Crippen molar-refractivity contribution in [2.45, 2.75) is 78.7 Å². The predicted octanol–water partition coefficient (Wildman–Crippen LogP) is 5.96. The molecule has 148 valence electrons. The van der Waals surface area contributed by atoms with Crippen molar-refractivity contribution in [2.24, 2.45) is 0 Å². The Bertz CT molecular complexity index is 741. The van der Waals surface area contributed by atoms with Gasteiger partial charge < -0.3 is 14.6 Å². The van der Waals surface area contributed by atoms with Gasteiger partial charge in [-0.25, -0.2) is 0 Å². The van der Waals surface area contributed by atoms with Crippen LogP contribution < -0.4 is 9.47 Å². The van der Waals surface area contributed by atoms with Crippen LogP contribution in [0.3, 0.4) is 0 Å². The van der Waals surface area contributed by atoms with Crippen molar-refractivity contribution < 1.29 is 19.4 Å². The first-order valence-electron chi connectivity index (χ1n) is 9.84. The van der Waals surface area contributed by atoms with Crippen LogP contribution in [0.1, 0.15) is 77.8 Å². The molecule has 0 radical (unpaired) electrons. The van der Waals surface area contributed by atoms with Crippen LogP contribution >= 0.6 is 0 Å². The molecule has 0 aromatic heterocycles. The maximum Gasteiger partial charge on any atom is 0.308 e. The average Bonchev–Trinajstić information content (AvgIpc) is 2.57. The van der Waals surface area contributed by atoms with Gasteiger partial charge in [-0.1, -0.05) is 31.4 Å². The molecule has 0 fully saturated rings. The third kappa shape index (κ3) is 5.62. The molecule has 0 spiro atoms. The van der Waals surface area contributed by atoms with Crippen LogP contribution in [0.5, 0.6) is 17.2 Å². The van der Waals surface area contributed by atoms with E-state index in [2.05, 4.69) is 26.8 Å². The highest BCUT2D eigenvalue weighted by molar-refractivity contribution is 5.77. The minimum Gasteiger partial charge on any atom is -0.507 e. The highest BCUT2D eigenvalue weighted by atomic mass is 16.6. The van der Waals surface area contributed by atoms with Crippen molar-refractivity contribution in [3.8, 4) is 17.2 Å². The minimum absolute atomic E-state index is 0.162. The number of aryl methyl sites for hydroxylation is 1. The fourth-order valence-electron chi connectivity index (χ4n) is 3.27. The molecule has 0 amide bonds. The van der Waals surface area contributed by atoms with E-state index in [0.717, 1.165) is 44.1 Å². The van der Waals surface area contributed by atoms with E-state index in [9.17, 15) is 9.90 Å². The topological polar surface area (TPSA) is 55.8 Å². The number of allylic oxidation sites excluding steroid dienone is 2. The molecule has 27 heavy (non-hydrogen) atoms. The number of fused-ring (bicyclic) bond motifs is 1. The van der Waals surface area contributed by atoms with Crippen molar-refractivity contribution in [1.82, 2.24) is 0 Å². The van der Waals surface area contributed by atoms with E-state index >= 15 is 0 Å². The summed E-state index contributed by atoms with van der Waals surface area (Å²) in [6.07, 6.45) is 11.6. The summed E-state index contributed by atoms with van der Waals surface area (Å²) in [4.78, 5) is 11.7. The average molecular weight is 373 g/mol. The van der Waals surface area contributed by atoms with Crippen molar-refractivity contribution in [3.05, 3.63) is 34.9 Å². The summed E-state index contributed by atoms with van der Waals surface area (Å²) in [5, 5.41) is 10.5. The van der Waals surface area contributed by atoms with Gasteiger partial charge >= 0.3 is 5.97 Å². The summed E-state index contributed by atoms with van der Waals surface area (Å²) >= 11 is 0. The third-order valence-electron chi connectivity index (χ3n) is 4.76. The number of unbranched alkanes of at least 4 members (excludes halogenated alkanes) is 2. The number of hydrogen-bond donors (Lipinski definition) is 1. The minimum atomic E-state index is -0.512. The van der Waals surface area contributed by atoms with Gasteiger partial charge in [0.2, 0.25) is 0 Å². The van der Waals surface area contributed by atoms with Crippen molar-refractivity contribution in [3.63, 3.8) is 0 Å². The highest BCUT2D eigenvalue weighted by Gasteiger charge is 2.32. The van der Waals surface area contributed by atoms with Gasteiger partial charge in [0.1, 0.15) is 11.4 Å². The summed E-state index contributed by atoms with van der Waals surface area (Å²) in [7, 11) is 0. The molecular weight excluding hydrogens is 340 g/mol. The molecule has 1 aromatic rings. The van der Waals surface area contributed by atoms with E-state index in [0.29, 0.717) is 17.1 Å². The van der Waals surface area contributed by atoms with Crippen LogP contribution in [-0.4, -0.2) is 16.7 Å². The second-order valence-corrected chi connectivity index (χ2v) is 7.75. The molecule has 0 aliphatic carbocycles. The highest BCUT2D eigenvalue weighted by Crippen LogP contribution is 2.47. The van der Waals surface area contributed by atoms with E-state index in [1.165, 1.54) is 12.5 Å². The number of ether oxygens (including phenoxy) is 2. The van der Waals surface area contributed by atoms with Crippen LogP contribution in [0.4, 0.5) is 0 Å². The summed E-state index contributed by atoms with van der Waals surface area (Å²) in [5.74, 6) is 0.696. The summed E-state index contributed by atoms with van der Waals surface area (Å²) in [5.41, 5.74) is 2.15. The third-order valence-corrected chi connectivity index (χ3v) is 4.76. The van der Waals surface area contributed by atoms with Crippen LogP contribution in [0, 0.1) is 0 Å². The van der Waals surface area contributed by atoms with Gasteiger partial charge in [0.05, 0.1) is 5.56 Å². The first-order valence-corrected chi connectivity index (χ1v) is 9.84. The lowest BCUT2D eigenvalue weighted by molar-refractivity contribution is -0.132. The van der Waals surface area contributed by atoms with E-state index in [1.54, 1.807) is 6.07 Å². The zero-order valence-electron chi connectivity index (χ0n) is 17.2. The molecule has 0 bridgehead atoms. The van der Waals surface area contributed by atoms with Crippen molar-refractivity contribution >= 4 is 12.0 Å². The molecule has 1 atom stereocenters. The largest absolute Gasteiger partial charge is 0.507 e. The molecule has 4 nitrogen and oxygen atoms in total. The Morgan fingerprint density at radius 1 is 1.30 bits per heavy atom.